The van der Waals surface area contributed by atoms with Gasteiger partial charge in [0.15, 0.2) is 0 Å². The van der Waals surface area contributed by atoms with E-state index in [2.05, 4.69) is 0 Å². The van der Waals surface area contributed by atoms with E-state index >= 15 is 0 Å². The van der Waals surface area contributed by atoms with E-state index in [0.29, 0.717) is 5.56 Å². The third kappa shape index (κ3) is 4.53. The molecule has 1 aromatic carbocycles. The summed E-state index contributed by atoms with van der Waals surface area (Å²) >= 11 is 0. The summed E-state index contributed by atoms with van der Waals surface area (Å²) in [5, 5.41) is 28.2. The maximum atomic E-state index is 12.1. The van der Waals surface area contributed by atoms with Crippen LogP contribution < -0.4 is 0 Å². The Kier molecular flexibility index (Phi) is 6.02. The molecular formula is C11H16N2O6S. The summed E-state index contributed by atoms with van der Waals surface area (Å²) < 4.78 is 25.1. The van der Waals surface area contributed by atoms with Gasteiger partial charge in [0.2, 0.25) is 10.0 Å². The predicted molar refractivity (Wildman–Crippen MR) is 71.5 cm³/mol. The zero-order chi connectivity index (χ0) is 15.2. The van der Waals surface area contributed by atoms with Crippen molar-refractivity contribution in [3.8, 4) is 0 Å². The number of rotatable bonds is 8. The lowest BCUT2D eigenvalue weighted by Gasteiger charge is -2.20. The first kappa shape index (κ1) is 16.5. The van der Waals surface area contributed by atoms with Gasteiger partial charge in [-0.2, -0.15) is 4.31 Å². The van der Waals surface area contributed by atoms with Crippen LogP contribution in [0, 0.1) is 10.1 Å². The van der Waals surface area contributed by atoms with Crippen LogP contribution in [0.2, 0.25) is 0 Å². The lowest BCUT2D eigenvalue weighted by atomic mass is 10.2. The molecule has 0 heterocycles. The zero-order valence-corrected chi connectivity index (χ0v) is 11.5. The number of non-ortho nitro benzene ring substituents is 1. The highest BCUT2D eigenvalue weighted by Gasteiger charge is 2.21. The van der Waals surface area contributed by atoms with Crippen molar-refractivity contribution >= 4 is 15.7 Å². The largest absolute Gasteiger partial charge is 0.395 e. The van der Waals surface area contributed by atoms with Crippen molar-refractivity contribution in [2.75, 3.05) is 26.3 Å². The number of hydrogen-bond donors (Lipinski definition) is 2. The van der Waals surface area contributed by atoms with E-state index in [1.807, 2.05) is 0 Å². The number of aliphatic hydroxyl groups is 2. The van der Waals surface area contributed by atoms with Gasteiger partial charge in [0.1, 0.15) is 0 Å². The molecule has 20 heavy (non-hydrogen) atoms. The third-order valence-electron chi connectivity index (χ3n) is 2.59. The molecule has 0 unspecified atom stereocenters. The smallest absolute Gasteiger partial charge is 0.269 e. The summed E-state index contributed by atoms with van der Waals surface area (Å²) in [6.07, 6.45) is 0. The lowest BCUT2D eigenvalue weighted by Crippen LogP contribution is -2.36. The zero-order valence-electron chi connectivity index (χ0n) is 10.7. The molecule has 9 heteroatoms. The number of nitro groups is 1. The standard InChI is InChI=1S/C11H16N2O6S/c14-7-5-12(6-8-15)20(18,19)9-10-1-3-11(4-2-10)13(16)17/h1-4,14-15H,5-9H2. The average Bonchev–Trinajstić information content (AvgIpc) is 2.38. The Morgan fingerprint density at radius 1 is 1.10 bits per heavy atom. The Morgan fingerprint density at radius 3 is 2.00 bits per heavy atom. The fraction of sp³-hybridized carbons (Fsp3) is 0.455. The SMILES string of the molecule is O=[N+]([O-])c1ccc(CS(=O)(=O)N(CCO)CCO)cc1. The summed E-state index contributed by atoms with van der Waals surface area (Å²) in [5.41, 5.74) is 0.283. The van der Waals surface area contributed by atoms with Crippen LogP contribution in [0.15, 0.2) is 24.3 Å². The van der Waals surface area contributed by atoms with E-state index in [9.17, 15) is 18.5 Å². The molecule has 0 aliphatic rings. The Labute approximate surface area is 116 Å². The van der Waals surface area contributed by atoms with Gasteiger partial charge in [0, 0.05) is 25.2 Å². The third-order valence-corrected chi connectivity index (χ3v) is 4.44. The van der Waals surface area contributed by atoms with Crippen molar-refractivity contribution in [1.29, 1.82) is 0 Å². The Morgan fingerprint density at radius 2 is 1.60 bits per heavy atom. The highest BCUT2D eigenvalue weighted by atomic mass is 32.2. The van der Waals surface area contributed by atoms with Gasteiger partial charge in [-0.15, -0.1) is 0 Å². The normalized spacial score (nSPS) is 11.8. The fourth-order valence-electron chi connectivity index (χ4n) is 1.63. The molecule has 0 aromatic heterocycles. The molecule has 0 bridgehead atoms. The van der Waals surface area contributed by atoms with Crippen LogP contribution in [-0.4, -0.2) is 54.2 Å². The molecule has 0 amide bonds. The van der Waals surface area contributed by atoms with Gasteiger partial charge in [-0.05, 0) is 5.56 Å². The van der Waals surface area contributed by atoms with E-state index in [0.717, 1.165) is 4.31 Å². The summed E-state index contributed by atoms with van der Waals surface area (Å²) in [7, 11) is -3.69. The first-order valence-corrected chi connectivity index (χ1v) is 7.44. The van der Waals surface area contributed by atoms with Gasteiger partial charge >= 0.3 is 0 Å². The van der Waals surface area contributed by atoms with Crippen LogP contribution in [0.25, 0.3) is 0 Å². The maximum Gasteiger partial charge on any atom is 0.269 e. The topological polar surface area (TPSA) is 121 Å². The molecule has 0 saturated carbocycles. The number of nitrogens with zero attached hydrogens (tertiary/aromatic N) is 2. The number of benzene rings is 1. The van der Waals surface area contributed by atoms with Crippen molar-refractivity contribution in [3.05, 3.63) is 39.9 Å². The average molecular weight is 304 g/mol. The molecule has 0 aliphatic heterocycles. The Bertz CT molecular complexity index is 537. The molecule has 8 nitrogen and oxygen atoms in total. The summed E-state index contributed by atoms with van der Waals surface area (Å²) in [6, 6.07) is 5.19. The molecule has 0 radical (unpaired) electrons. The highest BCUT2D eigenvalue weighted by Crippen LogP contribution is 2.15. The molecule has 112 valence electrons. The van der Waals surface area contributed by atoms with Crippen molar-refractivity contribution in [2.24, 2.45) is 0 Å². The molecular weight excluding hydrogens is 288 g/mol. The van der Waals surface area contributed by atoms with Gasteiger partial charge in [0.25, 0.3) is 5.69 Å². The minimum absolute atomic E-state index is 0.101. The number of sulfonamides is 1. The van der Waals surface area contributed by atoms with Crippen molar-refractivity contribution in [2.45, 2.75) is 5.75 Å². The molecule has 0 spiro atoms. The fourth-order valence-corrected chi connectivity index (χ4v) is 3.14. The molecule has 2 N–H and O–H groups in total. The summed E-state index contributed by atoms with van der Waals surface area (Å²) in [5.74, 6) is -0.342. The Balaban J connectivity index is 2.86. The van der Waals surface area contributed by atoms with Gasteiger partial charge in [-0.1, -0.05) is 12.1 Å². The molecule has 1 aromatic rings. The monoisotopic (exact) mass is 304 g/mol. The van der Waals surface area contributed by atoms with Crippen molar-refractivity contribution < 1.29 is 23.6 Å². The van der Waals surface area contributed by atoms with Crippen LogP contribution in [0.1, 0.15) is 5.56 Å². The van der Waals surface area contributed by atoms with Gasteiger partial charge in [-0.3, -0.25) is 10.1 Å². The van der Waals surface area contributed by atoms with E-state index in [4.69, 9.17) is 10.2 Å². The predicted octanol–water partition coefficient (Wildman–Crippen LogP) is -0.289. The minimum atomic E-state index is -3.69. The van der Waals surface area contributed by atoms with Crippen LogP contribution >= 0.6 is 0 Å². The van der Waals surface area contributed by atoms with Crippen molar-refractivity contribution in [1.82, 2.24) is 4.31 Å². The maximum absolute atomic E-state index is 12.1. The lowest BCUT2D eigenvalue weighted by molar-refractivity contribution is -0.384. The van der Waals surface area contributed by atoms with Gasteiger partial charge < -0.3 is 10.2 Å². The number of aliphatic hydroxyl groups excluding tert-OH is 2. The van der Waals surface area contributed by atoms with Gasteiger partial charge in [-0.25, -0.2) is 8.42 Å². The van der Waals surface area contributed by atoms with Crippen LogP contribution in [0.3, 0.4) is 0 Å². The van der Waals surface area contributed by atoms with Crippen LogP contribution in [0.4, 0.5) is 5.69 Å². The summed E-state index contributed by atoms with van der Waals surface area (Å²) in [4.78, 5) is 9.93. The second kappa shape index (κ2) is 7.29. The van der Waals surface area contributed by atoms with E-state index in [-0.39, 0.29) is 37.7 Å². The van der Waals surface area contributed by atoms with Crippen LogP contribution in [0.5, 0.6) is 0 Å². The molecule has 0 atom stereocenters. The number of hydrogen-bond acceptors (Lipinski definition) is 6. The molecule has 1 rings (SSSR count). The molecule has 0 saturated heterocycles. The highest BCUT2D eigenvalue weighted by molar-refractivity contribution is 7.88. The second-order valence-electron chi connectivity index (χ2n) is 4.03. The molecule has 0 aliphatic carbocycles. The Hall–Kier alpha value is -1.55. The quantitative estimate of drug-likeness (QED) is 0.503. The molecule has 0 fully saturated rings. The van der Waals surface area contributed by atoms with E-state index in [1.54, 1.807) is 0 Å². The van der Waals surface area contributed by atoms with Crippen LogP contribution in [-0.2, 0) is 15.8 Å². The minimum Gasteiger partial charge on any atom is -0.395 e. The second-order valence-corrected chi connectivity index (χ2v) is 5.99. The van der Waals surface area contributed by atoms with E-state index < -0.39 is 14.9 Å². The number of nitro benzene ring substituents is 1. The first-order valence-electron chi connectivity index (χ1n) is 5.83. The van der Waals surface area contributed by atoms with Crippen molar-refractivity contribution in [3.63, 3.8) is 0 Å². The summed E-state index contributed by atoms with van der Waals surface area (Å²) in [6.45, 7) is -0.898. The first-order chi connectivity index (χ1) is 9.40. The van der Waals surface area contributed by atoms with E-state index in [1.165, 1.54) is 24.3 Å². The van der Waals surface area contributed by atoms with Gasteiger partial charge in [0.05, 0.1) is 23.9 Å².